The molecule has 1 heteroatoms. The van der Waals surface area contributed by atoms with E-state index in [4.69, 9.17) is 0 Å². The fourth-order valence-electron chi connectivity index (χ4n) is 6.12. The molecule has 2 unspecified atom stereocenters. The Bertz CT molecular complexity index is 796. The van der Waals surface area contributed by atoms with E-state index in [1.54, 1.807) is 22.3 Å². The Balaban J connectivity index is 1.68. The Morgan fingerprint density at radius 1 is 1.26 bits per heavy atom. The Kier molecular flexibility index (Phi) is 5.44. The molecule has 4 rings (SSSR count). The van der Waals surface area contributed by atoms with Crippen molar-refractivity contribution in [2.75, 3.05) is 0 Å². The topological polar surface area (TPSA) is 0 Å². The summed E-state index contributed by atoms with van der Waals surface area (Å²) in [6, 6.07) is 0. The first kappa shape index (κ1) is 19.5. The molecule has 0 bridgehead atoms. The van der Waals surface area contributed by atoms with E-state index in [0.29, 0.717) is 11.8 Å². The minimum absolute atomic E-state index is 0.204. The molecule has 0 N–H and O–H groups in total. The van der Waals surface area contributed by atoms with Gasteiger partial charge in [0.05, 0.1) is 0 Å². The third kappa shape index (κ3) is 3.18. The number of hydrogen-bond donors (Lipinski definition) is 0. The minimum Gasteiger partial charge on any atom is -0.0988 e. The van der Waals surface area contributed by atoms with Crippen molar-refractivity contribution in [3.63, 3.8) is 0 Å². The maximum absolute atomic E-state index is 4.18. The van der Waals surface area contributed by atoms with Crippen LogP contribution in [-0.4, -0.2) is 0 Å². The highest BCUT2D eigenvalue weighted by atomic mass is 127. The molecule has 0 spiro atoms. The summed E-state index contributed by atoms with van der Waals surface area (Å²) >= 11 is 2.57. The zero-order valence-corrected chi connectivity index (χ0v) is 19.3. The second-order valence-corrected chi connectivity index (χ2v) is 10.5. The van der Waals surface area contributed by atoms with Crippen LogP contribution in [0.1, 0.15) is 65.7 Å². The molecule has 0 saturated heterocycles. The fourth-order valence-corrected chi connectivity index (χ4v) is 7.00. The summed E-state index contributed by atoms with van der Waals surface area (Å²) in [7, 11) is 0. The second kappa shape index (κ2) is 7.54. The van der Waals surface area contributed by atoms with Crippen LogP contribution in [0.2, 0.25) is 0 Å². The van der Waals surface area contributed by atoms with Crippen LogP contribution < -0.4 is 0 Å². The van der Waals surface area contributed by atoms with Gasteiger partial charge in [-0.15, -0.1) is 0 Å². The lowest BCUT2D eigenvalue weighted by Crippen LogP contribution is -2.28. The van der Waals surface area contributed by atoms with E-state index >= 15 is 0 Å². The zero-order chi connectivity index (χ0) is 19.2. The van der Waals surface area contributed by atoms with Gasteiger partial charge in [-0.2, -0.15) is 0 Å². The monoisotopic (exact) mass is 472 g/mol. The lowest BCUT2D eigenvalue weighted by atomic mass is 9.65. The van der Waals surface area contributed by atoms with Gasteiger partial charge in [0.25, 0.3) is 0 Å². The lowest BCUT2D eigenvalue weighted by Gasteiger charge is -2.39. The van der Waals surface area contributed by atoms with Crippen molar-refractivity contribution in [1.29, 1.82) is 0 Å². The lowest BCUT2D eigenvalue weighted by molar-refractivity contribution is 0.311. The number of fused-ring (bicyclic) bond motifs is 2. The fraction of sp³-hybridized carbons (Fsp3) is 0.538. The van der Waals surface area contributed by atoms with Gasteiger partial charge >= 0.3 is 0 Å². The molecule has 0 heterocycles. The highest BCUT2D eigenvalue weighted by Crippen LogP contribution is 2.57. The molecule has 1 saturated carbocycles. The standard InChI is InChI=1S/C26H33I/c1-5-9-20-21-13-12-17(16-24(21)26(3,4)23(20)6-2)18-14-15-25(27)22-11-8-7-10-19(18)22/h6,12-15,18-19,24H,2,5,7-11,16H2,1,3-4H3/t18-,19?,24?/m0/s1. The molecule has 0 amide bonds. The Labute approximate surface area is 179 Å². The number of allylic oxidation sites excluding steroid dienone is 11. The Morgan fingerprint density at radius 3 is 2.81 bits per heavy atom. The van der Waals surface area contributed by atoms with Gasteiger partial charge in [0.15, 0.2) is 0 Å². The van der Waals surface area contributed by atoms with Crippen LogP contribution in [0.3, 0.4) is 0 Å². The smallest absolute Gasteiger partial charge is 0.0122 e. The SMILES string of the molecule is C=CC1=C(CCC)C2=CC=C([C@@H]3C=CC(I)=C4CCCCC43)CC2C1(C)C. The van der Waals surface area contributed by atoms with Crippen molar-refractivity contribution in [3.8, 4) is 0 Å². The highest BCUT2D eigenvalue weighted by molar-refractivity contribution is 14.1. The molecule has 0 aromatic heterocycles. The average molecular weight is 472 g/mol. The summed E-state index contributed by atoms with van der Waals surface area (Å²) in [5.41, 5.74) is 8.31. The molecular formula is C26H33I. The van der Waals surface area contributed by atoms with E-state index in [9.17, 15) is 0 Å². The van der Waals surface area contributed by atoms with Crippen molar-refractivity contribution in [1.82, 2.24) is 0 Å². The van der Waals surface area contributed by atoms with E-state index < -0.39 is 0 Å². The van der Waals surface area contributed by atoms with Gasteiger partial charge in [-0.05, 0) is 88.7 Å². The molecule has 0 aromatic carbocycles. The summed E-state index contributed by atoms with van der Waals surface area (Å²) in [6.45, 7) is 11.4. The van der Waals surface area contributed by atoms with E-state index in [-0.39, 0.29) is 5.41 Å². The Hall–Kier alpha value is -0.830. The predicted octanol–water partition coefficient (Wildman–Crippen LogP) is 8.25. The summed E-state index contributed by atoms with van der Waals surface area (Å²) in [4.78, 5) is 0. The van der Waals surface area contributed by atoms with Crippen LogP contribution in [0, 0.1) is 23.2 Å². The molecule has 27 heavy (non-hydrogen) atoms. The van der Waals surface area contributed by atoms with Crippen LogP contribution in [0.15, 0.2) is 68.4 Å². The van der Waals surface area contributed by atoms with Gasteiger partial charge in [-0.1, -0.05) is 81.7 Å². The maximum atomic E-state index is 4.18. The van der Waals surface area contributed by atoms with Crippen molar-refractivity contribution in [3.05, 3.63) is 68.4 Å². The first-order valence-corrected chi connectivity index (χ1v) is 11.9. The third-order valence-electron chi connectivity index (χ3n) is 7.51. The largest absolute Gasteiger partial charge is 0.0988 e. The predicted molar refractivity (Wildman–Crippen MR) is 126 cm³/mol. The first-order chi connectivity index (χ1) is 13.0. The summed E-state index contributed by atoms with van der Waals surface area (Å²) in [6.07, 6.45) is 21.1. The van der Waals surface area contributed by atoms with Crippen molar-refractivity contribution >= 4 is 22.6 Å². The van der Waals surface area contributed by atoms with Crippen molar-refractivity contribution < 1.29 is 0 Å². The van der Waals surface area contributed by atoms with Crippen LogP contribution in [0.4, 0.5) is 0 Å². The molecule has 0 aromatic rings. The minimum atomic E-state index is 0.204. The van der Waals surface area contributed by atoms with Crippen LogP contribution in [0.5, 0.6) is 0 Å². The molecule has 0 nitrogen and oxygen atoms in total. The van der Waals surface area contributed by atoms with Crippen LogP contribution in [-0.2, 0) is 0 Å². The summed E-state index contributed by atoms with van der Waals surface area (Å²) in [5.74, 6) is 2.00. The van der Waals surface area contributed by atoms with Gasteiger partial charge in [0.2, 0.25) is 0 Å². The molecule has 4 aliphatic rings. The van der Waals surface area contributed by atoms with E-state index in [1.807, 2.05) is 0 Å². The van der Waals surface area contributed by atoms with Crippen LogP contribution >= 0.6 is 22.6 Å². The highest BCUT2D eigenvalue weighted by Gasteiger charge is 2.45. The molecule has 4 aliphatic carbocycles. The number of halogens is 1. The van der Waals surface area contributed by atoms with Gasteiger partial charge in [-0.25, -0.2) is 0 Å². The zero-order valence-electron chi connectivity index (χ0n) is 17.2. The quantitative estimate of drug-likeness (QED) is 0.362. The van der Waals surface area contributed by atoms with Crippen molar-refractivity contribution in [2.45, 2.75) is 65.7 Å². The number of hydrogen-bond acceptors (Lipinski definition) is 0. The molecule has 0 radical (unpaired) electrons. The Morgan fingerprint density at radius 2 is 2.07 bits per heavy atom. The summed E-state index contributed by atoms with van der Waals surface area (Å²) < 4.78 is 1.52. The average Bonchev–Trinajstić information content (AvgIpc) is 2.88. The molecular weight excluding hydrogens is 439 g/mol. The van der Waals surface area contributed by atoms with E-state index in [2.05, 4.69) is 80.3 Å². The molecule has 144 valence electrons. The molecule has 3 atom stereocenters. The number of rotatable bonds is 4. The second-order valence-electron chi connectivity index (χ2n) is 9.30. The normalized spacial score (nSPS) is 32.1. The maximum Gasteiger partial charge on any atom is 0.0122 e. The first-order valence-electron chi connectivity index (χ1n) is 10.8. The third-order valence-corrected chi connectivity index (χ3v) is 8.56. The summed E-state index contributed by atoms with van der Waals surface area (Å²) in [5, 5.41) is 0. The molecule has 1 fully saturated rings. The van der Waals surface area contributed by atoms with Gasteiger partial charge in [0.1, 0.15) is 0 Å². The van der Waals surface area contributed by atoms with Gasteiger partial charge < -0.3 is 0 Å². The molecule has 0 aliphatic heterocycles. The van der Waals surface area contributed by atoms with Gasteiger partial charge in [0, 0.05) is 9.50 Å². The van der Waals surface area contributed by atoms with Crippen molar-refractivity contribution in [2.24, 2.45) is 23.2 Å². The van der Waals surface area contributed by atoms with E-state index in [0.717, 1.165) is 5.92 Å². The van der Waals surface area contributed by atoms with Gasteiger partial charge in [-0.3, -0.25) is 0 Å². The van der Waals surface area contributed by atoms with Crippen LogP contribution in [0.25, 0.3) is 0 Å². The van der Waals surface area contributed by atoms with E-state index in [1.165, 1.54) is 54.1 Å².